The van der Waals surface area contributed by atoms with Gasteiger partial charge in [0.05, 0.1) is 27.4 Å². The number of hydrogen-bond acceptors (Lipinski definition) is 6. The van der Waals surface area contributed by atoms with Crippen LogP contribution in [-0.4, -0.2) is 51.8 Å². The molecule has 7 heteroatoms. The van der Waals surface area contributed by atoms with Crippen LogP contribution in [0.3, 0.4) is 0 Å². The Balaban J connectivity index is 1.75. The van der Waals surface area contributed by atoms with Gasteiger partial charge in [-0.2, -0.15) is 0 Å². The first-order valence-electron chi connectivity index (χ1n) is 9.93. The summed E-state index contributed by atoms with van der Waals surface area (Å²) in [5.74, 6) is 2.03. The van der Waals surface area contributed by atoms with Crippen molar-refractivity contribution in [1.29, 1.82) is 0 Å². The summed E-state index contributed by atoms with van der Waals surface area (Å²) in [7, 11) is 4.64. The summed E-state index contributed by atoms with van der Waals surface area (Å²) in [5, 5.41) is 5.20. The van der Waals surface area contributed by atoms with E-state index in [9.17, 15) is 4.79 Å². The Kier molecular flexibility index (Phi) is 7.39. The fourth-order valence-electron chi connectivity index (χ4n) is 3.73. The number of hydrogen-bond donors (Lipinski definition) is 1. The SMILES string of the molecule is COc1cc(C(=O)NC[C@@H](c2cccs2)N2CCC(C)CC2)cc(OC)c1OC. The maximum Gasteiger partial charge on any atom is 0.251 e. The van der Waals surface area contributed by atoms with Crippen LogP contribution in [-0.2, 0) is 0 Å². The van der Waals surface area contributed by atoms with Gasteiger partial charge in [0.15, 0.2) is 11.5 Å². The molecule has 0 spiro atoms. The molecule has 0 unspecified atom stereocenters. The second-order valence-corrected chi connectivity index (χ2v) is 8.35. The Morgan fingerprint density at radius 1 is 1.17 bits per heavy atom. The van der Waals surface area contributed by atoms with Crippen molar-refractivity contribution in [1.82, 2.24) is 10.2 Å². The highest BCUT2D eigenvalue weighted by molar-refractivity contribution is 7.10. The lowest BCUT2D eigenvalue weighted by atomic mass is 9.97. The van der Waals surface area contributed by atoms with Crippen LogP contribution in [0, 0.1) is 5.92 Å². The van der Waals surface area contributed by atoms with Gasteiger partial charge in [0.2, 0.25) is 5.75 Å². The van der Waals surface area contributed by atoms with E-state index in [1.54, 1.807) is 44.8 Å². The molecule has 0 aliphatic carbocycles. The molecule has 1 aromatic heterocycles. The Labute approximate surface area is 176 Å². The van der Waals surface area contributed by atoms with Gasteiger partial charge >= 0.3 is 0 Å². The summed E-state index contributed by atoms with van der Waals surface area (Å²) >= 11 is 1.74. The molecule has 2 heterocycles. The van der Waals surface area contributed by atoms with E-state index < -0.39 is 0 Å². The number of methoxy groups -OCH3 is 3. The number of nitrogens with zero attached hydrogens (tertiary/aromatic N) is 1. The number of rotatable bonds is 8. The van der Waals surface area contributed by atoms with Crippen LogP contribution >= 0.6 is 11.3 Å². The van der Waals surface area contributed by atoms with E-state index in [2.05, 4.69) is 34.7 Å². The van der Waals surface area contributed by atoms with Crippen LogP contribution < -0.4 is 19.5 Å². The van der Waals surface area contributed by atoms with Crippen molar-refractivity contribution in [2.75, 3.05) is 41.0 Å². The third-order valence-corrected chi connectivity index (χ3v) is 6.49. The minimum Gasteiger partial charge on any atom is -0.493 e. The summed E-state index contributed by atoms with van der Waals surface area (Å²) in [6, 6.07) is 7.77. The van der Waals surface area contributed by atoms with Gasteiger partial charge in [0.25, 0.3) is 5.91 Å². The predicted molar refractivity (Wildman–Crippen MR) is 115 cm³/mol. The number of benzene rings is 1. The highest BCUT2D eigenvalue weighted by Gasteiger charge is 2.26. The van der Waals surface area contributed by atoms with Crippen molar-refractivity contribution >= 4 is 17.2 Å². The molecule has 1 aliphatic heterocycles. The van der Waals surface area contributed by atoms with Gasteiger partial charge in [-0.3, -0.25) is 9.69 Å². The third-order valence-electron chi connectivity index (χ3n) is 5.51. The number of nitrogens with one attached hydrogen (secondary N) is 1. The van der Waals surface area contributed by atoms with Gasteiger partial charge in [-0.15, -0.1) is 11.3 Å². The van der Waals surface area contributed by atoms with E-state index in [1.165, 1.54) is 17.7 Å². The summed E-state index contributed by atoms with van der Waals surface area (Å²) in [6.07, 6.45) is 2.39. The molecule has 1 fully saturated rings. The Morgan fingerprint density at radius 2 is 1.83 bits per heavy atom. The number of carbonyl (C=O) groups is 1. The first kappa shape index (κ1) is 21.5. The van der Waals surface area contributed by atoms with E-state index in [-0.39, 0.29) is 11.9 Å². The Hall–Kier alpha value is -2.25. The van der Waals surface area contributed by atoms with Crippen LogP contribution in [0.2, 0.25) is 0 Å². The fourth-order valence-corrected chi connectivity index (χ4v) is 4.60. The first-order chi connectivity index (χ1) is 14.1. The standard InChI is InChI=1S/C22H30N2O4S/c1-15-7-9-24(10-8-15)17(20-6-5-11-29-20)14-23-22(25)16-12-18(26-2)21(28-4)19(13-16)27-3/h5-6,11-13,15,17H,7-10,14H2,1-4H3,(H,23,25)/t17-/m0/s1. The molecule has 0 radical (unpaired) electrons. The van der Waals surface area contributed by atoms with Gasteiger partial charge in [0, 0.05) is 17.0 Å². The number of piperidine rings is 1. The quantitative estimate of drug-likeness (QED) is 0.703. The van der Waals surface area contributed by atoms with Gasteiger partial charge in [-0.25, -0.2) is 0 Å². The molecule has 1 aliphatic rings. The van der Waals surface area contributed by atoms with Crippen LogP contribution in [0.15, 0.2) is 29.6 Å². The largest absolute Gasteiger partial charge is 0.493 e. The van der Waals surface area contributed by atoms with Crippen molar-refractivity contribution in [3.63, 3.8) is 0 Å². The Bertz CT molecular complexity index is 776. The van der Waals surface area contributed by atoms with E-state index in [0.29, 0.717) is 29.4 Å². The molecule has 29 heavy (non-hydrogen) atoms. The van der Waals surface area contributed by atoms with Crippen molar-refractivity contribution in [3.8, 4) is 17.2 Å². The molecule has 6 nitrogen and oxygen atoms in total. The molecule has 1 saturated heterocycles. The summed E-state index contributed by atoms with van der Waals surface area (Å²) in [4.78, 5) is 16.7. The highest BCUT2D eigenvalue weighted by Crippen LogP contribution is 2.38. The molecule has 0 saturated carbocycles. The molecule has 0 bridgehead atoms. The number of carbonyl (C=O) groups excluding carboxylic acids is 1. The second-order valence-electron chi connectivity index (χ2n) is 7.37. The molecule has 1 aromatic carbocycles. The number of amides is 1. The van der Waals surface area contributed by atoms with Crippen molar-refractivity contribution in [3.05, 3.63) is 40.1 Å². The monoisotopic (exact) mass is 418 g/mol. The minimum absolute atomic E-state index is 0.156. The molecule has 1 amide bonds. The van der Waals surface area contributed by atoms with Crippen LogP contribution in [0.4, 0.5) is 0 Å². The smallest absolute Gasteiger partial charge is 0.251 e. The van der Waals surface area contributed by atoms with Gasteiger partial charge < -0.3 is 19.5 Å². The number of thiophene rings is 1. The molecule has 1 atom stereocenters. The van der Waals surface area contributed by atoms with Crippen LogP contribution in [0.5, 0.6) is 17.2 Å². The topological polar surface area (TPSA) is 60.0 Å². The molecular weight excluding hydrogens is 388 g/mol. The van der Waals surface area contributed by atoms with Crippen molar-refractivity contribution in [2.24, 2.45) is 5.92 Å². The summed E-state index contributed by atoms with van der Waals surface area (Å²) in [6.45, 7) is 4.99. The van der Waals surface area contributed by atoms with E-state index in [4.69, 9.17) is 14.2 Å². The molecule has 1 N–H and O–H groups in total. The summed E-state index contributed by atoms with van der Waals surface area (Å²) in [5.41, 5.74) is 0.483. The Morgan fingerprint density at radius 3 is 2.34 bits per heavy atom. The third kappa shape index (κ3) is 5.03. The normalized spacial score (nSPS) is 16.3. The lowest BCUT2D eigenvalue weighted by molar-refractivity contribution is 0.0914. The predicted octanol–water partition coefficient (Wildman–Crippen LogP) is 3.98. The highest BCUT2D eigenvalue weighted by atomic mass is 32.1. The number of likely N-dealkylation sites (tertiary alicyclic amines) is 1. The summed E-state index contributed by atoms with van der Waals surface area (Å²) < 4.78 is 16.1. The van der Waals surface area contributed by atoms with E-state index in [0.717, 1.165) is 19.0 Å². The van der Waals surface area contributed by atoms with Crippen LogP contribution in [0.1, 0.15) is 41.0 Å². The zero-order valence-electron chi connectivity index (χ0n) is 17.6. The second kappa shape index (κ2) is 9.98. The zero-order valence-corrected chi connectivity index (χ0v) is 18.4. The maximum atomic E-state index is 12.9. The van der Waals surface area contributed by atoms with Crippen molar-refractivity contribution in [2.45, 2.75) is 25.8 Å². The van der Waals surface area contributed by atoms with E-state index >= 15 is 0 Å². The lowest BCUT2D eigenvalue weighted by Gasteiger charge is -2.36. The van der Waals surface area contributed by atoms with Gasteiger partial charge in [-0.05, 0) is 55.4 Å². The van der Waals surface area contributed by atoms with E-state index in [1.807, 2.05) is 0 Å². The van der Waals surface area contributed by atoms with Gasteiger partial charge in [0.1, 0.15) is 0 Å². The molecule has 2 aromatic rings. The van der Waals surface area contributed by atoms with Crippen LogP contribution in [0.25, 0.3) is 0 Å². The first-order valence-corrected chi connectivity index (χ1v) is 10.8. The van der Waals surface area contributed by atoms with Gasteiger partial charge in [-0.1, -0.05) is 13.0 Å². The molecule has 3 rings (SSSR count). The fraction of sp³-hybridized carbons (Fsp3) is 0.500. The molecular formula is C22H30N2O4S. The average Bonchev–Trinajstić information content (AvgIpc) is 3.28. The average molecular weight is 419 g/mol. The minimum atomic E-state index is -0.156. The maximum absolute atomic E-state index is 12.9. The zero-order chi connectivity index (χ0) is 20.8. The lowest BCUT2D eigenvalue weighted by Crippen LogP contribution is -2.41. The molecule has 158 valence electrons. The number of ether oxygens (including phenoxy) is 3. The van der Waals surface area contributed by atoms with Crippen molar-refractivity contribution < 1.29 is 19.0 Å².